The molecule has 0 radical (unpaired) electrons. The van der Waals surface area contributed by atoms with Crippen LogP contribution in [0.1, 0.15) is 27.0 Å². The Labute approximate surface area is 168 Å². The highest BCUT2D eigenvalue weighted by molar-refractivity contribution is 5.94. The number of amides is 1. The van der Waals surface area contributed by atoms with Crippen LogP contribution in [0.3, 0.4) is 0 Å². The summed E-state index contributed by atoms with van der Waals surface area (Å²) in [6, 6.07) is 14.9. The van der Waals surface area contributed by atoms with E-state index in [1.807, 2.05) is 12.1 Å². The van der Waals surface area contributed by atoms with E-state index in [4.69, 9.17) is 0 Å². The zero-order valence-corrected chi connectivity index (χ0v) is 16.4. The average molecular weight is 406 g/mol. The van der Waals surface area contributed by atoms with Crippen LogP contribution >= 0.6 is 0 Å². The van der Waals surface area contributed by atoms with E-state index in [0.717, 1.165) is 19.6 Å². The second-order valence-electron chi connectivity index (χ2n) is 7.30. The van der Waals surface area contributed by atoms with Crippen LogP contribution in [0.2, 0.25) is 0 Å². The van der Waals surface area contributed by atoms with Crippen LogP contribution in [-0.2, 0) is 17.9 Å². The van der Waals surface area contributed by atoms with Crippen LogP contribution in [0.15, 0.2) is 48.5 Å². The summed E-state index contributed by atoms with van der Waals surface area (Å²) in [7, 11) is 0. The number of piperazine rings is 1. The monoisotopic (exact) mass is 406 g/mol. The van der Waals surface area contributed by atoms with Crippen molar-refractivity contribution >= 4 is 5.91 Å². The minimum absolute atomic E-state index is 0.0989. The van der Waals surface area contributed by atoms with Gasteiger partial charge >= 0.3 is 6.18 Å². The molecule has 0 unspecified atom stereocenters. The SMILES string of the molecule is Cc1ccccc1CN1CCN(C(=O)c2cccc(COCC(F)(F)F)c2)CC1. The fraction of sp³-hybridized carbons (Fsp3) is 0.409. The summed E-state index contributed by atoms with van der Waals surface area (Å²) >= 11 is 0. The van der Waals surface area contributed by atoms with Crippen molar-refractivity contribution in [3.05, 3.63) is 70.8 Å². The molecule has 2 aromatic rings. The summed E-state index contributed by atoms with van der Waals surface area (Å²) in [6.07, 6.45) is -4.36. The van der Waals surface area contributed by atoms with Crippen LogP contribution in [-0.4, -0.2) is 54.7 Å². The van der Waals surface area contributed by atoms with Crippen molar-refractivity contribution in [1.82, 2.24) is 9.80 Å². The van der Waals surface area contributed by atoms with Gasteiger partial charge in [-0.05, 0) is 35.7 Å². The fourth-order valence-electron chi connectivity index (χ4n) is 3.40. The molecule has 7 heteroatoms. The summed E-state index contributed by atoms with van der Waals surface area (Å²) in [4.78, 5) is 16.9. The third kappa shape index (κ3) is 6.30. The molecule has 0 aromatic heterocycles. The normalized spacial score (nSPS) is 15.5. The number of carbonyl (C=O) groups is 1. The van der Waals surface area contributed by atoms with E-state index in [2.05, 4.69) is 28.7 Å². The first kappa shape index (κ1) is 21.3. The van der Waals surface area contributed by atoms with E-state index >= 15 is 0 Å². The Morgan fingerprint density at radius 1 is 1.03 bits per heavy atom. The number of benzene rings is 2. The average Bonchev–Trinajstić information content (AvgIpc) is 2.69. The predicted molar refractivity (Wildman–Crippen MR) is 105 cm³/mol. The molecule has 0 saturated carbocycles. The van der Waals surface area contributed by atoms with Gasteiger partial charge in [0.25, 0.3) is 5.91 Å². The first-order valence-corrected chi connectivity index (χ1v) is 9.61. The number of ether oxygens (including phenoxy) is 1. The Morgan fingerprint density at radius 2 is 1.76 bits per heavy atom. The standard InChI is InChI=1S/C22H25F3N2O2/c1-17-5-2-3-7-20(17)14-26-9-11-27(12-10-26)21(28)19-8-4-6-18(13-19)15-29-16-22(23,24)25/h2-8,13H,9-12,14-16H2,1H3. The van der Waals surface area contributed by atoms with Crippen molar-refractivity contribution < 1.29 is 22.7 Å². The highest BCUT2D eigenvalue weighted by Gasteiger charge is 2.27. The fourth-order valence-corrected chi connectivity index (χ4v) is 3.40. The second kappa shape index (κ2) is 9.41. The quantitative estimate of drug-likeness (QED) is 0.726. The molecule has 0 bridgehead atoms. The lowest BCUT2D eigenvalue weighted by Crippen LogP contribution is -2.48. The Morgan fingerprint density at radius 3 is 2.45 bits per heavy atom. The van der Waals surface area contributed by atoms with Crippen LogP contribution in [0.4, 0.5) is 13.2 Å². The number of halogens is 3. The zero-order valence-electron chi connectivity index (χ0n) is 16.4. The van der Waals surface area contributed by atoms with Gasteiger partial charge in [-0.2, -0.15) is 13.2 Å². The Balaban J connectivity index is 1.52. The van der Waals surface area contributed by atoms with Gasteiger partial charge in [-0.15, -0.1) is 0 Å². The van der Waals surface area contributed by atoms with E-state index in [9.17, 15) is 18.0 Å². The van der Waals surface area contributed by atoms with Crippen molar-refractivity contribution in [2.75, 3.05) is 32.8 Å². The van der Waals surface area contributed by atoms with Crippen molar-refractivity contribution in [3.8, 4) is 0 Å². The van der Waals surface area contributed by atoms with E-state index < -0.39 is 12.8 Å². The molecule has 1 heterocycles. The molecule has 0 atom stereocenters. The first-order valence-electron chi connectivity index (χ1n) is 9.61. The molecule has 1 aliphatic heterocycles. The van der Waals surface area contributed by atoms with Gasteiger partial charge in [-0.3, -0.25) is 9.69 Å². The van der Waals surface area contributed by atoms with E-state index in [0.29, 0.717) is 24.2 Å². The summed E-state index contributed by atoms with van der Waals surface area (Å²) < 4.78 is 41.3. The van der Waals surface area contributed by atoms with Gasteiger partial charge in [0.1, 0.15) is 6.61 Å². The topological polar surface area (TPSA) is 32.8 Å². The van der Waals surface area contributed by atoms with Crippen molar-refractivity contribution in [1.29, 1.82) is 0 Å². The van der Waals surface area contributed by atoms with Crippen molar-refractivity contribution in [2.24, 2.45) is 0 Å². The maximum atomic E-state index is 12.8. The van der Waals surface area contributed by atoms with Gasteiger partial charge in [0.15, 0.2) is 0 Å². The van der Waals surface area contributed by atoms with Gasteiger partial charge in [0.05, 0.1) is 6.61 Å². The third-order valence-electron chi connectivity index (χ3n) is 5.02. The van der Waals surface area contributed by atoms with E-state index in [1.54, 1.807) is 29.2 Å². The Kier molecular flexibility index (Phi) is 6.92. The molecule has 1 amide bonds. The summed E-state index contributed by atoms with van der Waals surface area (Å²) in [6.45, 7) is 4.31. The molecule has 4 nitrogen and oxygen atoms in total. The van der Waals surface area contributed by atoms with Gasteiger partial charge < -0.3 is 9.64 Å². The van der Waals surface area contributed by atoms with Crippen molar-refractivity contribution in [2.45, 2.75) is 26.3 Å². The maximum Gasteiger partial charge on any atom is 0.411 e. The number of alkyl halides is 3. The molecule has 3 rings (SSSR count). The van der Waals surface area contributed by atoms with Crippen LogP contribution in [0, 0.1) is 6.92 Å². The largest absolute Gasteiger partial charge is 0.411 e. The van der Waals surface area contributed by atoms with Crippen LogP contribution < -0.4 is 0 Å². The molecule has 0 spiro atoms. The molecule has 2 aromatic carbocycles. The Bertz CT molecular complexity index is 831. The van der Waals surface area contributed by atoms with Gasteiger partial charge in [-0.1, -0.05) is 36.4 Å². The molecule has 1 aliphatic rings. The molecule has 29 heavy (non-hydrogen) atoms. The number of nitrogens with zero attached hydrogens (tertiary/aromatic N) is 2. The zero-order chi connectivity index (χ0) is 20.9. The summed E-state index contributed by atoms with van der Waals surface area (Å²) in [5.74, 6) is -0.0989. The van der Waals surface area contributed by atoms with Crippen molar-refractivity contribution in [3.63, 3.8) is 0 Å². The lowest BCUT2D eigenvalue weighted by atomic mass is 10.1. The lowest BCUT2D eigenvalue weighted by Gasteiger charge is -2.35. The number of carbonyl (C=O) groups excluding carboxylic acids is 1. The molecular weight excluding hydrogens is 381 g/mol. The predicted octanol–water partition coefficient (Wildman–Crippen LogP) is 4.03. The minimum atomic E-state index is -4.36. The molecule has 1 saturated heterocycles. The minimum Gasteiger partial charge on any atom is -0.367 e. The van der Waals surface area contributed by atoms with Gasteiger partial charge in [-0.25, -0.2) is 0 Å². The van der Waals surface area contributed by atoms with E-state index in [1.165, 1.54) is 11.1 Å². The molecule has 156 valence electrons. The third-order valence-corrected chi connectivity index (χ3v) is 5.02. The molecule has 1 fully saturated rings. The Hall–Kier alpha value is -2.38. The molecular formula is C22H25F3N2O2. The summed E-state index contributed by atoms with van der Waals surface area (Å²) in [5.41, 5.74) is 3.58. The van der Waals surface area contributed by atoms with Crippen LogP contribution in [0.5, 0.6) is 0 Å². The van der Waals surface area contributed by atoms with Gasteiger partial charge in [0, 0.05) is 38.3 Å². The highest BCUT2D eigenvalue weighted by atomic mass is 19.4. The first-order chi connectivity index (χ1) is 13.8. The molecule has 0 N–H and O–H groups in total. The number of hydrogen-bond donors (Lipinski definition) is 0. The van der Waals surface area contributed by atoms with E-state index in [-0.39, 0.29) is 12.5 Å². The van der Waals surface area contributed by atoms with Crippen LogP contribution in [0.25, 0.3) is 0 Å². The maximum absolute atomic E-state index is 12.8. The number of aryl methyl sites for hydroxylation is 1. The lowest BCUT2D eigenvalue weighted by molar-refractivity contribution is -0.176. The summed E-state index contributed by atoms with van der Waals surface area (Å²) in [5, 5.41) is 0. The number of hydrogen-bond acceptors (Lipinski definition) is 3. The smallest absolute Gasteiger partial charge is 0.367 e. The second-order valence-corrected chi connectivity index (χ2v) is 7.30. The van der Waals surface area contributed by atoms with Gasteiger partial charge in [0.2, 0.25) is 0 Å². The molecule has 0 aliphatic carbocycles. The number of rotatable bonds is 6. The highest BCUT2D eigenvalue weighted by Crippen LogP contribution is 2.17.